The Bertz CT molecular complexity index is 1190. The molecule has 0 aromatic carbocycles. The third-order valence-electron chi connectivity index (χ3n) is 3.58. The molecule has 0 unspecified atom stereocenters. The first-order valence-electron chi connectivity index (χ1n) is 9.54. The number of nitrogens with one attached hydrogen (secondary N) is 1. The molecular formula is C17H23N9O2S5. The fraction of sp³-hybridized carbons (Fsp3) is 0.412. The lowest BCUT2D eigenvalue weighted by molar-refractivity contribution is 0.599. The monoisotopic (exact) mass is 545 g/mol. The predicted octanol–water partition coefficient (Wildman–Crippen LogP) is 2.82. The van der Waals surface area contributed by atoms with Gasteiger partial charge in [-0.2, -0.15) is 25.2 Å². The van der Waals surface area contributed by atoms with E-state index in [2.05, 4.69) is 34.1 Å². The van der Waals surface area contributed by atoms with E-state index in [-0.39, 0.29) is 5.96 Å². The molecule has 3 rings (SSSR count). The Morgan fingerprint density at radius 3 is 2.21 bits per heavy atom. The van der Waals surface area contributed by atoms with Crippen molar-refractivity contribution in [3.05, 3.63) is 22.1 Å². The molecule has 2 aromatic heterocycles. The van der Waals surface area contributed by atoms with Crippen LogP contribution in [0.2, 0.25) is 0 Å². The van der Waals surface area contributed by atoms with Crippen molar-refractivity contribution in [3.63, 3.8) is 0 Å². The van der Waals surface area contributed by atoms with Crippen molar-refractivity contribution in [2.75, 3.05) is 11.5 Å². The maximum Gasteiger partial charge on any atom is 0.366 e. The van der Waals surface area contributed by atoms with Crippen molar-refractivity contribution in [3.8, 4) is 0 Å². The third kappa shape index (κ3) is 9.04. The minimum atomic E-state index is -3.88. The van der Waals surface area contributed by atoms with E-state index in [1.54, 1.807) is 11.8 Å². The molecule has 33 heavy (non-hydrogen) atoms. The van der Waals surface area contributed by atoms with Crippen LogP contribution in [0.15, 0.2) is 29.5 Å². The van der Waals surface area contributed by atoms with Crippen LogP contribution in [0.5, 0.6) is 0 Å². The van der Waals surface area contributed by atoms with Crippen LogP contribution in [0.3, 0.4) is 0 Å². The van der Waals surface area contributed by atoms with Crippen LogP contribution < -0.4 is 16.8 Å². The van der Waals surface area contributed by atoms with Crippen molar-refractivity contribution >= 4 is 90.0 Å². The molecule has 1 aliphatic rings. The molecule has 0 saturated heterocycles. The molecule has 1 aliphatic heterocycles. The number of nitrogens with zero attached hydrogens (tertiary/aromatic N) is 6. The first-order valence-corrected chi connectivity index (χ1v) is 15.0. The second-order valence-electron chi connectivity index (χ2n) is 6.78. The Labute approximate surface area is 208 Å². The Kier molecular flexibility index (Phi) is 9.25. The van der Waals surface area contributed by atoms with E-state index < -0.39 is 10.2 Å². The Balaban J connectivity index is 1.44. The summed E-state index contributed by atoms with van der Waals surface area (Å²) in [6, 6.07) is 0. The average Bonchev–Trinajstić information content (AvgIpc) is 3.32. The molecule has 178 valence electrons. The van der Waals surface area contributed by atoms with Gasteiger partial charge in [0.15, 0.2) is 5.96 Å². The van der Waals surface area contributed by atoms with Gasteiger partial charge in [-0.15, -0.1) is 43.2 Å². The summed E-state index contributed by atoms with van der Waals surface area (Å²) >= 11 is 5.97. The molecule has 3 heterocycles. The third-order valence-corrected chi connectivity index (χ3v) is 8.02. The number of aromatic nitrogens is 2. The molecule has 0 amide bonds. The van der Waals surface area contributed by atoms with Gasteiger partial charge in [0.05, 0.1) is 17.1 Å². The van der Waals surface area contributed by atoms with Crippen LogP contribution in [0, 0.1) is 0 Å². The van der Waals surface area contributed by atoms with Gasteiger partial charge in [-0.1, -0.05) is 0 Å². The van der Waals surface area contributed by atoms with Crippen LogP contribution >= 0.6 is 46.2 Å². The number of nitrogens with two attached hydrogens (primary N) is 2. The van der Waals surface area contributed by atoms with Crippen molar-refractivity contribution in [2.45, 2.75) is 31.8 Å². The summed E-state index contributed by atoms with van der Waals surface area (Å²) < 4.78 is 31.5. The van der Waals surface area contributed by atoms with Gasteiger partial charge in [-0.25, -0.2) is 15.0 Å². The summed E-state index contributed by atoms with van der Waals surface area (Å²) in [5.41, 5.74) is 13.4. The molecular weight excluding hydrogens is 523 g/mol. The number of thioether (sulfide) groups is 2. The minimum absolute atomic E-state index is 0.0448. The Morgan fingerprint density at radius 1 is 0.970 bits per heavy atom. The molecule has 0 bridgehead atoms. The number of guanidine groups is 1. The SMILES string of the molecule is CC(C)=Nc1nc(CSCCC2=NS(=O)(=O)N=C(CSCc3csc(N=C(N)N)n3)N2)cs1. The van der Waals surface area contributed by atoms with Crippen molar-refractivity contribution in [1.29, 1.82) is 0 Å². The molecule has 0 spiro atoms. The summed E-state index contributed by atoms with van der Waals surface area (Å²) in [5, 5.41) is 8.10. The highest BCUT2D eigenvalue weighted by Gasteiger charge is 2.19. The van der Waals surface area contributed by atoms with Crippen molar-refractivity contribution in [1.82, 2.24) is 15.3 Å². The normalized spacial score (nSPS) is 14.7. The molecule has 0 fully saturated rings. The number of amidine groups is 2. The molecule has 5 N–H and O–H groups in total. The summed E-state index contributed by atoms with van der Waals surface area (Å²) in [6.07, 6.45) is 0.477. The second-order valence-corrected chi connectivity index (χ2v) is 11.8. The zero-order chi connectivity index (χ0) is 23.8. The molecule has 0 aliphatic carbocycles. The van der Waals surface area contributed by atoms with E-state index in [1.807, 2.05) is 24.6 Å². The van der Waals surface area contributed by atoms with Crippen LogP contribution in [-0.2, 0) is 21.7 Å². The van der Waals surface area contributed by atoms with Crippen LogP contribution in [0.1, 0.15) is 31.7 Å². The number of hydrogen-bond acceptors (Lipinski definition) is 11. The zero-order valence-corrected chi connectivity index (χ0v) is 22.0. The maximum atomic E-state index is 12.1. The van der Waals surface area contributed by atoms with Crippen LogP contribution in [0.4, 0.5) is 10.3 Å². The largest absolute Gasteiger partial charge is 0.370 e. The van der Waals surface area contributed by atoms with E-state index >= 15 is 0 Å². The van der Waals surface area contributed by atoms with Gasteiger partial charge in [0.2, 0.25) is 10.3 Å². The fourth-order valence-corrected chi connectivity index (χ4v) is 6.66. The van der Waals surface area contributed by atoms with E-state index in [1.165, 1.54) is 34.4 Å². The van der Waals surface area contributed by atoms with Crippen molar-refractivity contribution < 1.29 is 8.42 Å². The molecule has 16 heteroatoms. The first kappa shape index (κ1) is 25.6. The minimum Gasteiger partial charge on any atom is -0.370 e. The standard InChI is InChI=1S/C17H23N9O2S5/c1-10(2)20-16-21-11(7-31-16)5-29-4-3-13-23-14(26-33(27,28)25-13)9-30-6-12-8-32-17(22-12)24-15(18)19/h7-8H,3-6,9H2,1-2H3,(H,23,25,26)(H4,18,19,22,24). The highest BCUT2D eigenvalue weighted by molar-refractivity contribution is 7.99. The number of thiazole rings is 2. The topological polar surface area (TPSA) is 173 Å². The van der Waals surface area contributed by atoms with E-state index in [9.17, 15) is 8.42 Å². The molecule has 0 saturated carbocycles. The van der Waals surface area contributed by atoms with Gasteiger partial charge in [-0.05, 0) is 13.8 Å². The van der Waals surface area contributed by atoms with Crippen LogP contribution in [0.25, 0.3) is 0 Å². The molecule has 11 nitrogen and oxygen atoms in total. The number of rotatable bonds is 11. The Hall–Kier alpha value is -2.01. The molecule has 0 radical (unpaired) electrons. The number of hydrogen-bond donors (Lipinski definition) is 3. The van der Waals surface area contributed by atoms with Gasteiger partial charge in [0.25, 0.3) is 0 Å². The summed E-state index contributed by atoms with van der Waals surface area (Å²) in [5.74, 6) is 3.05. The average molecular weight is 546 g/mol. The maximum absolute atomic E-state index is 12.1. The number of aliphatic imine (C=N–C) groups is 2. The highest BCUT2D eigenvalue weighted by Crippen LogP contribution is 2.23. The van der Waals surface area contributed by atoms with Gasteiger partial charge in [0.1, 0.15) is 11.7 Å². The van der Waals surface area contributed by atoms with Crippen molar-refractivity contribution in [2.24, 2.45) is 30.2 Å². The van der Waals surface area contributed by atoms with Gasteiger partial charge in [0, 0.05) is 40.2 Å². The smallest absolute Gasteiger partial charge is 0.366 e. The highest BCUT2D eigenvalue weighted by atomic mass is 32.2. The van der Waals surface area contributed by atoms with E-state index in [0.717, 1.165) is 28.0 Å². The summed E-state index contributed by atoms with van der Waals surface area (Å²) in [6.45, 7) is 3.86. The summed E-state index contributed by atoms with van der Waals surface area (Å²) in [4.78, 5) is 17.0. The van der Waals surface area contributed by atoms with E-state index in [4.69, 9.17) is 11.5 Å². The van der Waals surface area contributed by atoms with Gasteiger partial charge >= 0.3 is 10.2 Å². The fourth-order valence-electron chi connectivity index (χ4n) is 2.41. The van der Waals surface area contributed by atoms with Crippen LogP contribution in [-0.4, -0.2) is 53.2 Å². The predicted molar refractivity (Wildman–Crippen MR) is 142 cm³/mol. The van der Waals surface area contributed by atoms with Gasteiger partial charge < -0.3 is 16.8 Å². The lowest BCUT2D eigenvalue weighted by atomic mass is 10.4. The lowest BCUT2D eigenvalue weighted by Crippen LogP contribution is -2.36. The quantitative estimate of drug-likeness (QED) is 0.218. The Morgan fingerprint density at radius 2 is 1.58 bits per heavy atom. The zero-order valence-electron chi connectivity index (χ0n) is 17.9. The molecule has 0 atom stereocenters. The van der Waals surface area contributed by atoms with E-state index in [0.29, 0.717) is 40.5 Å². The summed E-state index contributed by atoms with van der Waals surface area (Å²) in [7, 11) is -3.88. The first-order chi connectivity index (χ1) is 15.7. The molecule has 2 aromatic rings. The lowest BCUT2D eigenvalue weighted by Gasteiger charge is -2.15. The second kappa shape index (κ2) is 11.9. The van der Waals surface area contributed by atoms with Gasteiger partial charge in [-0.3, -0.25) is 0 Å².